The second kappa shape index (κ2) is 9.85. The van der Waals surface area contributed by atoms with E-state index in [2.05, 4.69) is 4.90 Å². The van der Waals surface area contributed by atoms with E-state index in [-0.39, 0.29) is 36.1 Å². The molecular formula is C20H27ClN2O4. The zero-order chi connectivity index (χ0) is 18.5. The van der Waals surface area contributed by atoms with E-state index in [9.17, 15) is 14.4 Å². The van der Waals surface area contributed by atoms with Crippen molar-refractivity contribution in [1.29, 1.82) is 0 Å². The summed E-state index contributed by atoms with van der Waals surface area (Å²) in [5, 5.41) is 0. The van der Waals surface area contributed by atoms with Crippen molar-refractivity contribution in [2.24, 2.45) is 5.92 Å². The highest BCUT2D eigenvalue weighted by atomic mass is 35.5. The number of likely N-dealkylation sites (tertiary alicyclic amines) is 1. The van der Waals surface area contributed by atoms with Crippen LogP contribution in [0.3, 0.4) is 0 Å². The number of unbranched alkanes of at least 4 members (excludes halogenated alkanes) is 1. The second-order valence-electron chi connectivity index (χ2n) is 6.91. The molecule has 0 radical (unpaired) electrons. The van der Waals surface area contributed by atoms with Crippen LogP contribution < -0.4 is 0 Å². The first kappa shape index (κ1) is 21.4. The van der Waals surface area contributed by atoms with Crippen molar-refractivity contribution in [3.05, 3.63) is 35.4 Å². The number of piperidine rings is 1. The molecule has 148 valence electrons. The molecule has 2 heterocycles. The van der Waals surface area contributed by atoms with Gasteiger partial charge in [0.15, 0.2) is 0 Å². The van der Waals surface area contributed by atoms with Gasteiger partial charge in [-0.2, -0.15) is 0 Å². The molecule has 0 saturated carbocycles. The number of carbonyl (C=O) groups excluding carboxylic acids is 3. The summed E-state index contributed by atoms with van der Waals surface area (Å²) in [6.45, 7) is 5.31. The molecule has 2 aliphatic heterocycles. The first-order chi connectivity index (χ1) is 12.6. The summed E-state index contributed by atoms with van der Waals surface area (Å²) < 4.78 is 5.13. The molecule has 1 atom stereocenters. The Morgan fingerprint density at radius 2 is 1.74 bits per heavy atom. The van der Waals surface area contributed by atoms with Crippen molar-refractivity contribution in [2.45, 2.75) is 32.6 Å². The van der Waals surface area contributed by atoms with Crippen LogP contribution in [0.4, 0.5) is 0 Å². The first-order valence-corrected chi connectivity index (χ1v) is 9.46. The number of rotatable bonds is 7. The van der Waals surface area contributed by atoms with Crippen molar-refractivity contribution >= 4 is 30.2 Å². The molecule has 3 rings (SSSR count). The lowest BCUT2D eigenvalue weighted by Crippen LogP contribution is -2.40. The predicted molar refractivity (Wildman–Crippen MR) is 104 cm³/mol. The predicted octanol–water partition coefficient (Wildman–Crippen LogP) is 2.76. The largest absolute Gasteiger partial charge is 0.466 e. The number of ether oxygens (including phenoxy) is 1. The highest BCUT2D eigenvalue weighted by Gasteiger charge is 2.34. The molecular weight excluding hydrogens is 368 g/mol. The lowest BCUT2D eigenvalue weighted by Gasteiger charge is -2.31. The van der Waals surface area contributed by atoms with Gasteiger partial charge in [-0.05, 0) is 57.8 Å². The van der Waals surface area contributed by atoms with Gasteiger partial charge in [-0.25, -0.2) is 0 Å². The summed E-state index contributed by atoms with van der Waals surface area (Å²) in [6, 6.07) is 6.98. The van der Waals surface area contributed by atoms with Crippen LogP contribution in [-0.4, -0.2) is 60.4 Å². The normalized spacial score (nSPS) is 19.6. The summed E-state index contributed by atoms with van der Waals surface area (Å²) in [6.07, 6.45) is 3.56. The molecule has 1 fully saturated rings. The van der Waals surface area contributed by atoms with Crippen molar-refractivity contribution in [2.75, 3.05) is 32.8 Å². The maximum absolute atomic E-state index is 12.3. The average molecular weight is 395 g/mol. The molecule has 2 aliphatic rings. The molecule has 0 bridgehead atoms. The fourth-order valence-electron chi connectivity index (χ4n) is 3.76. The molecule has 27 heavy (non-hydrogen) atoms. The molecule has 6 nitrogen and oxygen atoms in total. The van der Waals surface area contributed by atoms with Gasteiger partial charge in [0.2, 0.25) is 0 Å². The van der Waals surface area contributed by atoms with E-state index in [1.165, 1.54) is 4.90 Å². The van der Waals surface area contributed by atoms with E-state index in [1.807, 2.05) is 6.92 Å². The molecule has 1 saturated heterocycles. The van der Waals surface area contributed by atoms with Crippen molar-refractivity contribution < 1.29 is 19.1 Å². The lowest BCUT2D eigenvalue weighted by atomic mass is 9.98. The van der Waals surface area contributed by atoms with Crippen LogP contribution in [0.25, 0.3) is 0 Å². The topological polar surface area (TPSA) is 66.9 Å². The van der Waals surface area contributed by atoms with E-state index < -0.39 is 0 Å². The molecule has 2 amide bonds. The Kier molecular flexibility index (Phi) is 7.80. The Hall–Kier alpha value is -1.92. The third kappa shape index (κ3) is 4.87. The fourth-order valence-corrected chi connectivity index (χ4v) is 3.76. The van der Waals surface area contributed by atoms with E-state index >= 15 is 0 Å². The Labute approximate surface area is 166 Å². The van der Waals surface area contributed by atoms with E-state index in [1.54, 1.807) is 24.3 Å². The van der Waals surface area contributed by atoms with Gasteiger partial charge in [0, 0.05) is 13.1 Å². The summed E-state index contributed by atoms with van der Waals surface area (Å²) in [7, 11) is 0. The number of benzene rings is 1. The number of esters is 1. The minimum Gasteiger partial charge on any atom is -0.466 e. The minimum absolute atomic E-state index is 0. The third-order valence-electron chi connectivity index (χ3n) is 5.11. The Balaban J connectivity index is 0.00000261. The SMILES string of the molecule is CCOC(=O)C1CCCN(CCCCN2C(=O)c3ccccc3C2=O)C1.Cl. The zero-order valence-corrected chi connectivity index (χ0v) is 16.5. The van der Waals surface area contributed by atoms with Crippen LogP contribution in [0, 0.1) is 5.92 Å². The Bertz CT molecular complexity index is 659. The van der Waals surface area contributed by atoms with E-state index in [0.717, 1.165) is 45.3 Å². The van der Waals surface area contributed by atoms with Gasteiger partial charge in [-0.1, -0.05) is 12.1 Å². The zero-order valence-electron chi connectivity index (χ0n) is 15.7. The molecule has 7 heteroatoms. The van der Waals surface area contributed by atoms with Crippen LogP contribution in [0.15, 0.2) is 24.3 Å². The summed E-state index contributed by atoms with van der Waals surface area (Å²) in [5.41, 5.74) is 1.01. The number of amides is 2. The smallest absolute Gasteiger partial charge is 0.310 e. The van der Waals surface area contributed by atoms with Gasteiger partial charge >= 0.3 is 5.97 Å². The molecule has 0 N–H and O–H groups in total. The van der Waals surface area contributed by atoms with Gasteiger partial charge in [-0.15, -0.1) is 12.4 Å². The highest BCUT2D eigenvalue weighted by molar-refractivity contribution is 6.21. The maximum atomic E-state index is 12.3. The standard InChI is InChI=1S/C20H26N2O4.ClH/c1-2-26-20(25)15-8-7-12-21(14-15)11-5-6-13-22-18(23)16-9-3-4-10-17(16)19(22)24;/h3-4,9-10,15H,2,5-8,11-14H2,1H3;1H. The lowest BCUT2D eigenvalue weighted by molar-refractivity contribution is -0.149. The number of carbonyl (C=O) groups is 3. The highest BCUT2D eigenvalue weighted by Crippen LogP contribution is 2.23. The fraction of sp³-hybridized carbons (Fsp3) is 0.550. The molecule has 0 aromatic heterocycles. The number of hydrogen-bond donors (Lipinski definition) is 0. The van der Waals surface area contributed by atoms with Crippen LogP contribution in [0.1, 0.15) is 53.3 Å². The quantitative estimate of drug-likeness (QED) is 0.404. The van der Waals surface area contributed by atoms with Gasteiger partial charge in [0.1, 0.15) is 0 Å². The van der Waals surface area contributed by atoms with Gasteiger partial charge in [-0.3, -0.25) is 19.3 Å². The maximum Gasteiger partial charge on any atom is 0.310 e. The van der Waals surface area contributed by atoms with Gasteiger partial charge in [0.05, 0.1) is 23.7 Å². The van der Waals surface area contributed by atoms with Crippen LogP contribution in [0.5, 0.6) is 0 Å². The Morgan fingerprint density at radius 1 is 1.11 bits per heavy atom. The molecule has 1 aromatic carbocycles. The second-order valence-corrected chi connectivity index (χ2v) is 6.91. The monoisotopic (exact) mass is 394 g/mol. The van der Waals surface area contributed by atoms with Gasteiger partial charge < -0.3 is 9.64 Å². The summed E-state index contributed by atoms with van der Waals surface area (Å²) >= 11 is 0. The molecule has 1 aromatic rings. The number of imide groups is 1. The van der Waals surface area contributed by atoms with E-state index in [4.69, 9.17) is 4.74 Å². The van der Waals surface area contributed by atoms with Crippen molar-refractivity contribution in [3.8, 4) is 0 Å². The Morgan fingerprint density at radius 3 is 2.37 bits per heavy atom. The summed E-state index contributed by atoms with van der Waals surface area (Å²) in [4.78, 5) is 40.2. The number of fused-ring (bicyclic) bond motifs is 1. The molecule has 0 aliphatic carbocycles. The van der Waals surface area contributed by atoms with Crippen LogP contribution in [0.2, 0.25) is 0 Å². The van der Waals surface area contributed by atoms with Crippen LogP contribution in [-0.2, 0) is 9.53 Å². The van der Waals surface area contributed by atoms with Gasteiger partial charge in [0.25, 0.3) is 11.8 Å². The van der Waals surface area contributed by atoms with E-state index in [0.29, 0.717) is 24.3 Å². The molecule has 1 unspecified atom stereocenters. The van der Waals surface area contributed by atoms with Crippen LogP contribution >= 0.6 is 12.4 Å². The average Bonchev–Trinajstić information content (AvgIpc) is 2.90. The molecule has 0 spiro atoms. The minimum atomic E-state index is -0.189. The summed E-state index contributed by atoms with van der Waals surface area (Å²) in [5.74, 6) is -0.500. The number of halogens is 1. The first-order valence-electron chi connectivity index (χ1n) is 9.46. The van der Waals surface area contributed by atoms with Crippen molar-refractivity contribution in [3.63, 3.8) is 0 Å². The third-order valence-corrected chi connectivity index (χ3v) is 5.11. The number of nitrogens with zero attached hydrogens (tertiary/aromatic N) is 2. The van der Waals surface area contributed by atoms with Crippen molar-refractivity contribution in [1.82, 2.24) is 9.80 Å². The number of hydrogen-bond acceptors (Lipinski definition) is 5.